The van der Waals surface area contributed by atoms with E-state index in [9.17, 15) is 0 Å². The molecule has 2 N–H and O–H groups in total. The first-order valence-electron chi connectivity index (χ1n) is 4.78. The second kappa shape index (κ2) is 3.75. The van der Waals surface area contributed by atoms with Gasteiger partial charge in [0.25, 0.3) is 0 Å². The molecular formula is C10H14N4. The van der Waals surface area contributed by atoms with E-state index in [4.69, 9.17) is 0 Å². The van der Waals surface area contributed by atoms with Crippen molar-refractivity contribution >= 4 is 11.0 Å². The molecule has 0 saturated heterocycles. The minimum Gasteiger partial charge on any atom is -0.310 e. The lowest BCUT2D eigenvalue weighted by atomic mass is 10.2. The fourth-order valence-corrected chi connectivity index (χ4v) is 1.32. The normalized spacial score (nSPS) is 11.4. The molecule has 0 aliphatic carbocycles. The van der Waals surface area contributed by atoms with Gasteiger partial charge in [0.05, 0.1) is 0 Å². The third-order valence-electron chi connectivity index (χ3n) is 2.10. The van der Waals surface area contributed by atoms with Gasteiger partial charge in [-0.1, -0.05) is 19.9 Å². The van der Waals surface area contributed by atoms with Gasteiger partial charge >= 0.3 is 0 Å². The molecule has 2 aromatic rings. The number of fused-ring (bicyclic) bond motifs is 1. The average Bonchev–Trinajstić information content (AvgIpc) is 2.61. The molecule has 1 aromatic heterocycles. The van der Waals surface area contributed by atoms with Crippen LogP contribution in [0.3, 0.4) is 0 Å². The highest BCUT2D eigenvalue weighted by Gasteiger charge is 2.00. The fraction of sp³-hybridized carbons (Fsp3) is 0.400. The highest BCUT2D eigenvalue weighted by atomic mass is 15.3. The summed E-state index contributed by atoms with van der Waals surface area (Å²) >= 11 is 0. The summed E-state index contributed by atoms with van der Waals surface area (Å²) in [7, 11) is 0. The van der Waals surface area contributed by atoms with Crippen molar-refractivity contribution in [3.05, 3.63) is 23.8 Å². The van der Waals surface area contributed by atoms with Crippen molar-refractivity contribution in [1.82, 2.24) is 20.7 Å². The quantitative estimate of drug-likeness (QED) is 0.770. The van der Waals surface area contributed by atoms with Gasteiger partial charge in [-0.05, 0) is 17.7 Å². The van der Waals surface area contributed by atoms with E-state index in [1.807, 2.05) is 12.1 Å². The van der Waals surface area contributed by atoms with E-state index in [-0.39, 0.29) is 0 Å². The van der Waals surface area contributed by atoms with Crippen molar-refractivity contribution in [3.63, 3.8) is 0 Å². The van der Waals surface area contributed by atoms with Gasteiger partial charge in [-0.2, -0.15) is 15.4 Å². The second-order valence-corrected chi connectivity index (χ2v) is 3.68. The number of H-pyrrole nitrogens is 1. The van der Waals surface area contributed by atoms with Crippen LogP contribution in [-0.4, -0.2) is 21.5 Å². The lowest BCUT2D eigenvalue weighted by molar-refractivity contribution is 0.589. The van der Waals surface area contributed by atoms with E-state index >= 15 is 0 Å². The first kappa shape index (κ1) is 9.15. The molecule has 1 aromatic carbocycles. The Kier molecular flexibility index (Phi) is 2.45. The van der Waals surface area contributed by atoms with Crippen LogP contribution in [0.5, 0.6) is 0 Å². The summed E-state index contributed by atoms with van der Waals surface area (Å²) in [4.78, 5) is 0. The maximum atomic E-state index is 4.04. The van der Waals surface area contributed by atoms with Crippen LogP contribution in [0, 0.1) is 0 Å². The lowest BCUT2D eigenvalue weighted by Gasteiger charge is -2.07. The number of hydrogen-bond donors (Lipinski definition) is 2. The molecule has 1 heterocycles. The third-order valence-corrected chi connectivity index (χ3v) is 2.10. The zero-order valence-electron chi connectivity index (χ0n) is 8.41. The molecule has 0 radical (unpaired) electrons. The predicted octanol–water partition coefficient (Wildman–Crippen LogP) is 1.46. The Morgan fingerprint density at radius 3 is 2.86 bits per heavy atom. The van der Waals surface area contributed by atoms with E-state index < -0.39 is 0 Å². The van der Waals surface area contributed by atoms with E-state index in [0.717, 1.165) is 17.6 Å². The summed E-state index contributed by atoms with van der Waals surface area (Å²) in [5.41, 5.74) is 3.08. The van der Waals surface area contributed by atoms with Crippen molar-refractivity contribution in [2.75, 3.05) is 0 Å². The molecule has 0 aliphatic heterocycles. The molecule has 0 saturated carbocycles. The van der Waals surface area contributed by atoms with Crippen molar-refractivity contribution in [2.45, 2.75) is 26.4 Å². The second-order valence-electron chi connectivity index (χ2n) is 3.68. The maximum absolute atomic E-state index is 4.04. The molecule has 0 spiro atoms. The van der Waals surface area contributed by atoms with Gasteiger partial charge in [-0.25, -0.2) is 0 Å². The number of aromatic amines is 1. The number of hydrogen-bond acceptors (Lipinski definition) is 3. The van der Waals surface area contributed by atoms with Crippen LogP contribution in [0.1, 0.15) is 19.4 Å². The van der Waals surface area contributed by atoms with Crippen molar-refractivity contribution in [3.8, 4) is 0 Å². The van der Waals surface area contributed by atoms with E-state index in [1.165, 1.54) is 5.56 Å². The molecule has 2 rings (SSSR count). The smallest absolute Gasteiger partial charge is 0.113 e. The SMILES string of the molecule is CC(C)NCc1ccc2n[nH]nc2c1. The van der Waals surface area contributed by atoms with Crippen molar-refractivity contribution in [1.29, 1.82) is 0 Å². The zero-order chi connectivity index (χ0) is 9.97. The predicted molar refractivity (Wildman–Crippen MR) is 55.9 cm³/mol. The first-order chi connectivity index (χ1) is 6.75. The molecule has 4 heteroatoms. The van der Waals surface area contributed by atoms with Gasteiger partial charge in [0.1, 0.15) is 11.0 Å². The summed E-state index contributed by atoms with van der Waals surface area (Å²) in [6.45, 7) is 5.14. The number of nitrogens with one attached hydrogen (secondary N) is 2. The average molecular weight is 190 g/mol. The van der Waals surface area contributed by atoms with Crippen LogP contribution < -0.4 is 5.32 Å². The third kappa shape index (κ3) is 1.90. The molecule has 0 aliphatic rings. The van der Waals surface area contributed by atoms with Gasteiger partial charge in [0.15, 0.2) is 0 Å². The molecule has 0 unspecified atom stereocenters. The number of rotatable bonds is 3. The van der Waals surface area contributed by atoms with Crippen LogP contribution in [0.15, 0.2) is 18.2 Å². The van der Waals surface area contributed by atoms with Crippen molar-refractivity contribution in [2.24, 2.45) is 0 Å². The van der Waals surface area contributed by atoms with Crippen molar-refractivity contribution < 1.29 is 0 Å². The Labute approximate surface area is 82.7 Å². The van der Waals surface area contributed by atoms with Gasteiger partial charge in [0.2, 0.25) is 0 Å². The van der Waals surface area contributed by atoms with Gasteiger partial charge < -0.3 is 5.32 Å². The minimum atomic E-state index is 0.503. The number of nitrogens with zero attached hydrogens (tertiary/aromatic N) is 2. The van der Waals surface area contributed by atoms with Crippen LogP contribution in [-0.2, 0) is 6.54 Å². The molecule has 14 heavy (non-hydrogen) atoms. The molecule has 0 fully saturated rings. The highest BCUT2D eigenvalue weighted by molar-refractivity contribution is 5.74. The van der Waals surface area contributed by atoms with Gasteiger partial charge in [0, 0.05) is 12.6 Å². The monoisotopic (exact) mass is 190 g/mol. The van der Waals surface area contributed by atoms with Crippen LogP contribution >= 0.6 is 0 Å². The molecule has 74 valence electrons. The summed E-state index contributed by atoms with van der Waals surface area (Å²) in [5, 5.41) is 14.0. The Balaban J connectivity index is 2.17. The Hall–Kier alpha value is -1.42. The Morgan fingerprint density at radius 1 is 1.29 bits per heavy atom. The fourth-order valence-electron chi connectivity index (χ4n) is 1.32. The Bertz CT molecular complexity index is 419. The number of benzene rings is 1. The molecule has 0 amide bonds. The number of aromatic nitrogens is 3. The molecular weight excluding hydrogens is 176 g/mol. The maximum Gasteiger partial charge on any atom is 0.113 e. The van der Waals surface area contributed by atoms with Crippen LogP contribution in [0.2, 0.25) is 0 Å². The topological polar surface area (TPSA) is 53.6 Å². The van der Waals surface area contributed by atoms with Gasteiger partial charge in [-0.15, -0.1) is 0 Å². The highest BCUT2D eigenvalue weighted by Crippen LogP contribution is 2.10. The van der Waals surface area contributed by atoms with E-state index in [1.54, 1.807) is 0 Å². The van der Waals surface area contributed by atoms with E-state index in [2.05, 4.69) is 40.6 Å². The molecule has 4 nitrogen and oxygen atoms in total. The van der Waals surface area contributed by atoms with Crippen LogP contribution in [0.25, 0.3) is 11.0 Å². The molecule has 0 atom stereocenters. The first-order valence-corrected chi connectivity index (χ1v) is 4.78. The molecule has 0 bridgehead atoms. The summed E-state index contributed by atoms with van der Waals surface area (Å²) in [6, 6.07) is 6.60. The minimum absolute atomic E-state index is 0.503. The van der Waals surface area contributed by atoms with E-state index in [0.29, 0.717) is 6.04 Å². The summed E-state index contributed by atoms with van der Waals surface area (Å²) in [6.07, 6.45) is 0. The standard InChI is InChI=1S/C10H14N4/c1-7(2)11-6-8-3-4-9-10(5-8)13-14-12-9/h3-5,7,11H,6H2,1-2H3,(H,12,13,14). The zero-order valence-corrected chi connectivity index (χ0v) is 8.41. The summed E-state index contributed by atoms with van der Waals surface area (Å²) in [5.74, 6) is 0. The largest absolute Gasteiger partial charge is 0.310 e. The van der Waals surface area contributed by atoms with Crippen LogP contribution in [0.4, 0.5) is 0 Å². The Morgan fingerprint density at radius 2 is 2.07 bits per heavy atom. The summed E-state index contributed by atoms with van der Waals surface area (Å²) < 4.78 is 0. The lowest BCUT2D eigenvalue weighted by Crippen LogP contribution is -2.21. The van der Waals surface area contributed by atoms with Gasteiger partial charge in [-0.3, -0.25) is 0 Å².